The zero-order valence-electron chi connectivity index (χ0n) is 12.6. The number of sulfonamides is 1. The fourth-order valence-electron chi connectivity index (χ4n) is 1.67. The summed E-state index contributed by atoms with van der Waals surface area (Å²) in [7, 11) is 2.89. The highest BCUT2D eigenvalue weighted by molar-refractivity contribution is 7.89. The molecule has 0 heterocycles. The van der Waals surface area contributed by atoms with Crippen molar-refractivity contribution in [2.45, 2.75) is 6.54 Å². The molecule has 0 unspecified atom stereocenters. The molecule has 0 aliphatic carbocycles. The van der Waals surface area contributed by atoms with E-state index in [1.165, 1.54) is 32.6 Å². The van der Waals surface area contributed by atoms with E-state index >= 15 is 0 Å². The summed E-state index contributed by atoms with van der Waals surface area (Å²) >= 11 is 6.24. The third kappa shape index (κ3) is 4.74. The number of nitrogens with one attached hydrogen (secondary N) is 1. The van der Waals surface area contributed by atoms with E-state index in [2.05, 4.69) is 5.32 Å². The molecular formula is C13H21ClN2O4S. The van der Waals surface area contributed by atoms with Gasteiger partial charge in [-0.2, -0.15) is 0 Å². The van der Waals surface area contributed by atoms with Crippen molar-refractivity contribution in [1.29, 1.82) is 0 Å². The van der Waals surface area contributed by atoms with Crippen LogP contribution >= 0.6 is 11.6 Å². The molecule has 0 spiro atoms. The van der Waals surface area contributed by atoms with Crippen molar-refractivity contribution >= 4 is 21.6 Å². The van der Waals surface area contributed by atoms with Gasteiger partial charge in [-0.05, 0) is 11.6 Å². The lowest BCUT2D eigenvalue weighted by Crippen LogP contribution is -2.31. The van der Waals surface area contributed by atoms with E-state index in [-0.39, 0.29) is 5.75 Å². The summed E-state index contributed by atoms with van der Waals surface area (Å²) in [5.41, 5.74) is 0.816. The normalized spacial score (nSPS) is 11.7. The first-order chi connectivity index (χ1) is 9.83. The highest BCUT2D eigenvalue weighted by Gasteiger charge is 2.14. The standard InChI is InChI=1S/C13H21ClN2O4S/c1-16(2)21(17,18)8-7-15-9-10-5-6-11(19-3)13(20-4)12(10)14/h5-6,15H,7-9H2,1-4H3. The highest BCUT2D eigenvalue weighted by atomic mass is 35.5. The second-order valence-corrected chi connectivity index (χ2v) is 7.23. The number of rotatable bonds is 8. The summed E-state index contributed by atoms with van der Waals surface area (Å²) in [6.07, 6.45) is 0. The van der Waals surface area contributed by atoms with E-state index in [1.54, 1.807) is 6.07 Å². The fourth-order valence-corrected chi connectivity index (χ4v) is 2.74. The summed E-state index contributed by atoms with van der Waals surface area (Å²) < 4.78 is 34.8. The van der Waals surface area contributed by atoms with Gasteiger partial charge in [-0.15, -0.1) is 0 Å². The fraction of sp³-hybridized carbons (Fsp3) is 0.538. The predicted molar refractivity (Wildman–Crippen MR) is 83.7 cm³/mol. The molecule has 0 aromatic heterocycles. The Morgan fingerprint density at radius 2 is 1.90 bits per heavy atom. The van der Waals surface area contributed by atoms with Gasteiger partial charge in [0, 0.05) is 27.2 Å². The van der Waals surface area contributed by atoms with Crippen LogP contribution < -0.4 is 14.8 Å². The van der Waals surface area contributed by atoms with E-state index in [9.17, 15) is 8.42 Å². The van der Waals surface area contributed by atoms with Gasteiger partial charge in [-0.1, -0.05) is 17.7 Å². The van der Waals surface area contributed by atoms with Crippen molar-refractivity contribution in [3.05, 3.63) is 22.7 Å². The van der Waals surface area contributed by atoms with Crippen LogP contribution in [-0.2, 0) is 16.6 Å². The second kappa shape index (κ2) is 7.84. The maximum absolute atomic E-state index is 11.6. The van der Waals surface area contributed by atoms with Crippen LogP contribution in [0.5, 0.6) is 11.5 Å². The van der Waals surface area contributed by atoms with Crippen LogP contribution in [-0.4, -0.2) is 53.3 Å². The molecule has 0 bridgehead atoms. The summed E-state index contributed by atoms with van der Waals surface area (Å²) in [5.74, 6) is 1.06. The second-order valence-electron chi connectivity index (χ2n) is 4.55. The van der Waals surface area contributed by atoms with Crippen molar-refractivity contribution in [3.8, 4) is 11.5 Å². The first-order valence-electron chi connectivity index (χ1n) is 6.33. The lowest BCUT2D eigenvalue weighted by molar-refractivity contribution is 0.354. The van der Waals surface area contributed by atoms with Crippen LogP contribution in [0, 0.1) is 0 Å². The van der Waals surface area contributed by atoms with Gasteiger partial charge in [0.1, 0.15) is 0 Å². The summed E-state index contributed by atoms with van der Waals surface area (Å²) in [6, 6.07) is 3.58. The zero-order valence-corrected chi connectivity index (χ0v) is 14.2. The van der Waals surface area contributed by atoms with Crippen LogP contribution in [0.15, 0.2) is 12.1 Å². The van der Waals surface area contributed by atoms with Crippen molar-refractivity contribution in [2.75, 3.05) is 40.6 Å². The molecule has 1 rings (SSSR count). The highest BCUT2D eigenvalue weighted by Crippen LogP contribution is 2.37. The Morgan fingerprint density at radius 1 is 1.24 bits per heavy atom. The summed E-state index contributed by atoms with van der Waals surface area (Å²) in [6.45, 7) is 0.785. The quantitative estimate of drug-likeness (QED) is 0.726. The molecule has 0 saturated carbocycles. The van der Waals surface area contributed by atoms with Crippen LogP contribution in [0.4, 0.5) is 0 Å². The van der Waals surface area contributed by atoms with Crippen LogP contribution in [0.2, 0.25) is 5.02 Å². The molecule has 8 heteroatoms. The average Bonchev–Trinajstić information content (AvgIpc) is 2.44. The Kier molecular flexibility index (Phi) is 6.73. The summed E-state index contributed by atoms with van der Waals surface area (Å²) in [4.78, 5) is 0. The number of hydrogen-bond donors (Lipinski definition) is 1. The monoisotopic (exact) mass is 336 g/mol. The lowest BCUT2D eigenvalue weighted by Gasteiger charge is -2.14. The molecule has 120 valence electrons. The maximum Gasteiger partial charge on any atom is 0.214 e. The summed E-state index contributed by atoms with van der Waals surface area (Å²) in [5, 5.41) is 3.51. The molecule has 6 nitrogen and oxygen atoms in total. The third-order valence-corrected chi connectivity index (χ3v) is 5.22. The van der Waals surface area contributed by atoms with E-state index in [1.807, 2.05) is 6.07 Å². The minimum Gasteiger partial charge on any atom is -0.493 e. The van der Waals surface area contributed by atoms with Crippen LogP contribution in [0.3, 0.4) is 0 Å². The molecular weight excluding hydrogens is 316 g/mol. The number of hydrogen-bond acceptors (Lipinski definition) is 5. The van der Waals surface area contributed by atoms with Gasteiger partial charge in [-0.3, -0.25) is 0 Å². The van der Waals surface area contributed by atoms with Gasteiger partial charge >= 0.3 is 0 Å². The Bertz CT molecular complexity index is 576. The van der Waals surface area contributed by atoms with E-state index in [0.717, 1.165) is 5.56 Å². The molecule has 1 N–H and O–H groups in total. The van der Waals surface area contributed by atoms with Crippen molar-refractivity contribution in [1.82, 2.24) is 9.62 Å². The first kappa shape index (κ1) is 18.0. The van der Waals surface area contributed by atoms with Crippen LogP contribution in [0.25, 0.3) is 0 Å². The molecule has 0 radical (unpaired) electrons. The van der Waals surface area contributed by atoms with Gasteiger partial charge in [0.05, 0.1) is 25.0 Å². The minimum absolute atomic E-state index is 0.0326. The Balaban J connectivity index is 2.65. The van der Waals surface area contributed by atoms with Crippen molar-refractivity contribution < 1.29 is 17.9 Å². The van der Waals surface area contributed by atoms with E-state index in [4.69, 9.17) is 21.1 Å². The number of nitrogens with zero attached hydrogens (tertiary/aromatic N) is 1. The Hall–Kier alpha value is -1.02. The number of benzene rings is 1. The smallest absolute Gasteiger partial charge is 0.214 e. The SMILES string of the molecule is COc1ccc(CNCCS(=O)(=O)N(C)C)c(Cl)c1OC. The average molecular weight is 337 g/mol. The molecule has 0 aliphatic heterocycles. The number of ether oxygens (including phenoxy) is 2. The molecule has 0 aliphatic rings. The van der Waals surface area contributed by atoms with Gasteiger partial charge < -0.3 is 14.8 Å². The minimum atomic E-state index is -3.19. The van der Waals surface area contributed by atoms with Gasteiger partial charge in [0.25, 0.3) is 0 Å². The van der Waals surface area contributed by atoms with Gasteiger partial charge in [0.2, 0.25) is 10.0 Å². The molecule has 0 fully saturated rings. The van der Waals surface area contributed by atoms with Crippen molar-refractivity contribution in [2.24, 2.45) is 0 Å². The lowest BCUT2D eigenvalue weighted by atomic mass is 10.2. The topological polar surface area (TPSA) is 67.9 Å². The van der Waals surface area contributed by atoms with Gasteiger partial charge in [0.15, 0.2) is 11.5 Å². The van der Waals surface area contributed by atoms with Crippen LogP contribution in [0.1, 0.15) is 5.56 Å². The molecule has 0 atom stereocenters. The molecule has 21 heavy (non-hydrogen) atoms. The van der Waals surface area contributed by atoms with E-state index in [0.29, 0.717) is 29.6 Å². The third-order valence-electron chi connectivity index (χ3n) is 2.97. The number of methoxy groups -OCH3 is 2. The number of halogens is 1. The maximum atomic E-state index is 11.6. The zero-order chi connectivity index (χ0) is 16.0. The Labute approximate surface area is 131 Å². The predicted octanol–water partition coefficient (Wildman–Crippen LogP) is 1.34. The largest absolute Gasteiger partial charge is 0.493 e. The molecule has 0 amide bonds. The van der Waals surface area contributed by atoms with Crippen molar-refractivity contribution in [3.63, 3.8) is 0 Å². The van der Waals surface area contributed by atoms with Gasteiger partial charge in [-0.25, -0.2) is 12.7 Å². The molecule has 0 saturated heterocycles. The van der Waals surface area contributed by atoms with E-state index < -0.39 is 10.0 Å². The first-order valence-corrected chi connectivity index (χ1v) is 8.32. The molecule has 1 aromatic rings. The molecule has 1 aromatic carbocycles. The Morgan fingerprint density at radius 3 is 2.43 bits per heavy atom.